The van der Waals surface area contributed by atoms with Crippen LogP contribution in [0.15, 0.2) is 30.3 Å². The molecule has 7 heteroatoms. The molecule has 0 bridgehead atoms. The molecule has 4 rings (SSSR count). The van der Waals surface area contributed by atoms with Crippen molar-refractivity contribution >= 4 is 22.9 Å². The van der Waals surface area contributed by atoms with E-state index < -0.39 is 11.6 Å². The molecule has 1 aliphatic rings. The van der Waals surface area contributed by atoms with Gasteiger partial charge in [-0.3, -0.25) is 4.79 Å². The summed E-state index contributed by atoms with van der Waals surface area (Å²) in [6.07, 6.45) is 3.95. The van der Waals surface area contributed by atoms with Crippen molar-refractivity contribution in [2.24, 2.45) is 0 Å². The minimum Gasteiger partial charge on any atom is -0.494 e. The number of rotatable bonds is 6. The minimum atomic E-state index is -0.685. The van der Waals surface area contributed by atoms with Crippen LogP contribution in [0.3, 0.4) is 0 Å². The number of ether oxygens (including phenoxy) is 1. The maximum absolute atomic E-state index is 14.9. The van der Waals surface area contributed by atoms with Crippen LogP contribution < -0.4 is 15.8 Å². The summed E-state index contributed by atoms with van der Waals surface area (Å²) in [4.78, 5) is 16.2. The number of pyridine rings is 1. The summed E-state index contributed by atoms with van der Waals surface area (Å²) in [7, 11) is 1.35. The van der Waals surface area contributed by atoms with Crippen LogP contribution in [0.5, 0.6) is 5.75 Å². The molecular weight excluding hydrogens is 376 g/mol. The van der Waals surface area contributed by atoms with E-state index in [4.69, 9.17) is 10.5 Å². The number of nitrogen functional groups attached to an aromatic ring is 1. The van der Waals surface area contributed by atoms with Gasteiger partial charge in [0.1, 0.15) is 5.82 Å². The van der Waals surface area contributed by atoms with Crippen molar-refractivity contribution in [3.05, 3.63) is 53.2 Å². The van der Waals surface area contributed by atoms with Crippen LogP contribution in [-0.2, 0) is 6.54 Å². The number of halogens is 2. The molecule has 1 saturated carbocycles. The second kappa shape index (κ2) is 7.75. The number of nitrogens with zero attached hydrogens (tertiary/aromatic N) is 1. The molecule has 0 spiro atoms. The van der Waals surface area contributed by atoms with E-state index in [2.05, 4.69) is 10.3 Å². The molecule has 1 heterocycles. The molecule has 150 valence electrons. The van der Waals surface area contributed by atoms with Crippen LogP contribution in [0.1, 0.15) is 35.3 Å². The third kappa shape index (κ3) is 3.31. The summed E-state index contributed by atoms with van der Waals surface area (Å²) >= 11 is 0. The topological polar surface area (TPSA) is 77.2 Å². The largest absolute Gasteiger partial charge is 0.494 e. The van der Waals surface area contributed by atoms with E-state index in [1.54, 1.807) is 6.07 Å². The lowest BCUT2D eigenvalue weighted by molar-refractivity contribution is 0.112. The molecule has 2 aromatic carbocycles. The number of methoxy groups -OCH3 is 1. The van der Waals surface area contributed by atoms with Crippen LogP contribution >= 0.6 is 0 Å². The number of hydrogen-bond donors (Lipinski definition) is 2. The highest BCUT2D eigenvalue weighted by Gasteiger charge is 2.23. The lowest BCUT2D eigenvalue weighted by atomic mass is 9.93. The lowest BCUT2D eigenvalue weighted by Crippen LogP contribution is -2.35. The molecule has 3 aromatic rings. The zero-order chi connectivity index (χ0) is 20.5. The number of hydrogen-bond acceptors (Lipinski definition) is 5. The van der Waals surface area contributed by atoms with E-state index in [-0.39, 0.29) is 33.6 Å². The average Bonchev–Trinajstić information content (AvgIpc) is 2.67. The maximum Gasteiger partial charge on any atom is 0.173 e. The number of nitrogens with two attached hydrogens (primary N) is 1. The van der Waals surface area contributed by atoms with Crippen molar-refractivity contribution in [2.45, 2.75) is 31.8 Å². The van der Waals surface area contributed by atoms with Gasteiger partial charge in [-0.1, -0.05) is 18.6 Å². The molecule has 0 aliphatic heterocycles. The Morgan fingerprint density at radius 1 is 1.28 bits per heavy atom. The van der Waals surface area contributed by atoms with E-state index in [0.29, 0.717) is 30.0 Å². The molecule has 0 amide bonds. The lowest BCUT2D eigenvalue weighted by Gasteiger charge is -2.26. The van der Waals surface area contributed by atoms with Crippen molar-refractivity contribution in [3.63, 3.8) is 0 Å². The van der Waals surface area contributed by atoms with Gasteiger partial charge in [-0.25, -0.2) is 13.8 Å². The smallest absolute Gasteiger partial charge is 0.173 e. The summed E-state index contributed by atoms with van der Waals surface area (Å²) in [5, 5.41) is 3.74. The van der Waals surface area contributed by atoms with Gasteiger partial charge in [0, 0.05) is 29.1 Å². The second-order valence-electron chi connectivity index (χ2n) is 7.15. The van der Waals surface area contributed by atoms with Gasteiger partial charge < -0.3 is 15.8 Å². The maximum atomic E-state index is 14.9. The number of carbonyl (C=O) groups is 1. The first-order chi connectivity index (χ1) is 14.0. The average molecular weight is 397 g/mol. The summed E-state index contributed by atoms with van der Waals surface area (Å²) < 4.78 is 34.8. The molecule has 3 N–H and O–H groups in total. The molecule has 0 saturated heterocycles. The fourth-order valence-electron chi connectivity index (χ4n) is 3.63. The standard InChI is InChI=1S/C22H21F2N3O2/c1-29-18-7-3-6-13(20(18)24)19-16(23)9-8-14-21(25)15(11-28)17(27-22(14)19)10-26-12-4-2-5-12/h3,6-9,11-12,26H,2,4-5,10H2,1H3,(H2,25,27). The molecule has 29 heavy (non-hydrogen) atoms. The predicted octanol–water partition coefficient (Wildman–Crippen LogP) is 4.23. The van der Waals surface area contributed by atoms with Gasteiger partial charge in [0.05, 0.1) is 29.6 Å². The van der Waals surface area contributed by atoms with Crippen molar-refractivity contribution in [1.82, 2.24) is 10.3 Å². The molecule has 0 radical (unpaired) electrons. The van der Waals surface area contributed by atoms with Crippen LogP contribution in [-0.4, -0.2) is 24.4 Å². The van der Waals surface area contributed by atoms with E-state index >= 15 is 0 Å². The molecule has 0 unspecified atom stereocenters. The second-order valence-corrected chi connectivity index (χ2v) is 7.15. The molecule has 1 fully saturated rings. The fraction of sp³-hybridized carbons (Fsp3) is 0.273. The first-order valence-electron chi connectivity index (χ1n) is 9.47. The summed E-state index contributed by atoms with van der Waals surface area (Å²) in [6, 6.07) is 7.55. The molecule has 0 atom stereocenters. The van der Waals surface area contributed by atoms with Crippen LogP contribution in [0.4, 0.5) is 14.5 Å². The van der Waals surface area contributed by atoms with Crippen LogP contribution in [0, 0.1) is 11.6 Å². The van der Waals surface area contributed by atoms with Gasteiger partial charge in [0.2, 0.25) is 0 Å². The summed E-state index contributed by atoms with van der Waals surface area (Å²) in [5.74, 6) is -1.31. The number of aromatic nitrogens is 1. The minimum absolute atomic E-state index is 0.00302. The third-order valence-corrected chi connectivity index (χ3v) is 5.50. The summed E-state index contributed by atoms with van der Waals surface area (Å²) in [6.45, 7) is 0.329. The highest BCUT2D eigenvalue weighted by atomic mass is 19.1. The van der Waals surface area contributed by atoms with Crippen molar-refractivity contribution < 1.29 is 18.3 Å². The zero-order valence-corrected chi connectivity index (χ0v) is 16.0. The normalized spacial score (nSPS) is 14.0. The Morgan fingerprint density at radius 3 is 2.72 bits per heavy atom. The van der Waals surface area contributed by atoms with Gasteiger partial charge in [-0.05, 0) is 31.0 Å². The van der Waals surface area contributed by atoms with E-state index in [1.807, 2.05) is 0 Å². The van der Waals surface area contributed by atoms with Crippen molar-refractivity contribution in [1.29, 1.82) is 0 Å². The highest BCUT2D eigenvalue weighted by molar-refractivity contribution is 6.05. The Hall–Kier alpha value is -3.06. The molecule has 1 aromatic heterocycles. The summed E-state index contributed by atoms with van der Waals surface area (Å²) in [5.41, 5.74) is 7.37. The first-order valence-corrected chi connectivity index (χ1v) is 9.47. The highest BCUT2D eigenvalue weighted by Crippen LogP contribution is 2.37. The first kappa shape index (κ1) is 19.3. The van der Waals surface area contributed by atoms with Crippen molar-refractivity contribution in [3.8, 4) is 16.9 Å². The van der Waals surface area contributed by atoms with Gasteiger partial charge in [-0.15, -0.1) is 0 Å². The number of carbonyl (C=O) groups excluding carboxylic acids is 1. The third-order valence-electron chi connectivity index (χ3n) is 5.50. The number of nitrogens with one attached hydrogen (secondary N) is 1. The fourth-order valence-corrected chi connectivity index (χ4v) is 3.63. The van der Waals surface area contributed by atoms with Crippen LogP contribution in [0.25, 0.3) is 22.0 Å². The number of anilines is 1. The number of fused-ring (bicyclic) bond motifs is 1. The van der Waals surface area contributed by atoms with Gasteiger partial charge in [0.15, 0.2) is 17.9 Å². The number of aldehydes is 1. The van der Waals surface area contributed by atoms with Gasteiger partial charge in [-0.2, -0.15) is 0 Å². The molecule has 1 aliphatic carbocycles. The van der Waals surface area contributed by atoms with Crippen LogP contribution in [0.2, 0.25) is 0 Å². The van der Waals surface area contributed by atoms with Crippen molar-refractivity contribution in [2.75, 3.05) is 12.8 Å². The SMILES string of the molecule is COc1cccc(-c2c(F)ccc3c(N)c(C=O)c(CNC4CCC4)nc23)c1F. The molecular formula is C22H21F2N3O2. The number of benzene rings is 2. The van der Waals surface area contributed by atoms with E-state index in [1.165, 1.54) is 31.4 Å². The Bertz CT molecular complexity index is 1100. The predicted molar refractivity (Wildman–Crippen MR) is 108 cm³/mol. The van der Waals surface area contributed by atoms with Gasteiger partial charge >= 0.3 is 0 Å². The van der Waals surface area contributed by atoms with Gasteiger partial charge in [0.25, 0.3) is 0 Å². The van der Waals surface area contributed by atoms with E-state index in [0.717, 1.165) is 19.3 Å². The Morgan fingerprint density at radius 2 is 2.07 bits per heavy atom. The Labute approximate surface area is 166 Å². The monoisotopic (exact) mass is 397 g/mol. The Kier molecular flexibility index (Phi) is 5.15. The molecule has 5 nitrogen and oxygen atoms in total. The quantitative estimate of drug-likeness (QED) is 0.609. The Balaban J connectivity index is 1.94. The van der Waals surface area contributed by atoms with E-state index in [9.17, 15) is 13.6 Å². The zero-order valence-electron chi connectivity index (χ0n) is 16.0.